The Kier molecular flexibility index (Phi) is 4.37. The predicted molar refractivity (Wildman–Crippen MR) is 79.5 cm³/mol. The van der Waals surface area contributed by atoms with Crippen LogP contribution in [0.1, 0.15) is 21.6 Å². The van der Waals surface area contributed by atoms with E-state index in [1.807, 2.05) is 0 Å². The maximum absolute atomic E-state index is 12.1. The predicted octanol–water partition coefficient (Wildman–Crippen LogP) is 2.33. The van der Waals surface area contributed by atoms with Crippen molar-refractivity contribution in [3.63, 3.8) is 0 Å². The number of carbonyl (C=O) groups is 1. The minimum Gasteiger partial charge on any atom is -0.497 e. The number of aromatic nitrogens is 2. The first kappa shape index (κ1) is 15.2. The van der Waals surface area contributed by atoms with Crippen molar-refractivity contribution in [1.29, 1.82) is 0 Å². The van der Waals surface area contributed by atoms with E-state index in [1.54, 1.807) is 26.1 Å². The maximum atomic E-state index is 12.1. The molecule has 1 heterocycles. The Hall–Kier alpha value is -2.21. The molecule has 0 aliphatic heterocycles. The van der Waals surface area contributed by atoms with Crippen LogP contribution < -0.4 is 10.5 Å². The lowest BCUT2D eigenvalue weighted by Gasteiger charge is -2.07. The van der Waals surface area contributed by atoms with E-state index in [2.05, 4.69) is 5.10 Å². The summed E-state index contributed by atoms with van der Waals surface area (Å²) in [4.78, 5) is 12.1. The number of nitrogens with two attached hydrogens (primary N) is 1. The molecule has 1 aromatic heterocycles. The van der Waals surface area contributed by atoms with Crippen molar-refractivity contribution < 1.29 is 14.3 Å². The summed E-state index contributed by atoms with van der Waals surface area (Å²) in [6, 6.07) is 4.72. The molecule has 0 aliphatic rings. The van der Waals surface area contributed by atoms with Crippen molar-refractivity contribution in [2.75, 3.05) is 12.8 Å². The zero-order chi connectivity index (χ0) is 15.6. The number of rotatable bonds is 4. The van der Waals surface area contributed by atoms with Crippen LogP contribution >= 0.6 is 11.6 Å². The fourth-order valence-corrected chi connectivity index (χ4v) is 2.15. The average Bonchev–Trinajstić information content (AvgIpc) is 2.69. The van der Waals surface area contributed by atoms with Gasteiger partial charge in [-0.05, 0) is 19.1 Å². The molecule has 6 nitrogen and oxygen atoms in total. The lowest BCUT2D eigenvalue weighted by atomic mass is 10.2. The van der Waals surface area contributed by atoms with Crippen LogP contribution in [0.4, 0.5) is 5.69 Å². The van der Waals surface area contributed by atoms with Gasteiger partial charge in [0.2, 0.25) is 0 Å². The van der Waals surface area contributed by atoms with Gasteiger partial charge >= 0.3 is 5.97 Å². The molecule has 21 heavy (non-hydrogen) atoms. The topological polar surface area (TPSA) is 79.4 Å². The normalized spacial score (nSPS) is 10.5. The van der Waals surface area contributed by atoms with E-state index in [-0.39, 0.29) is 6.61 Å². The minimum absolute atomic E-state index is 0.0501. The number of ether oxygens (including phenoxy) is 2. The fraction of sp³-hybridized carbons (Fsp3) is 0.286. The number of halogens is 1. The van der Waals surface area contributed by atoms with Gasteiger partial charge in [0.25, 0.3) is 0 Å². The fourth-order valence-electron chi connectivity index (χ4n) is 1.92. The summed E-state index contributed by atoms with van der Waals surface area (Å²) in [6.45, 7) is 1.85. The largest absolute Gasteiger partial charge is 0.497 e. The summed E-state index contributed by atoms with van der Waals surface area (Å²) in [7, 11) is 3.23. The highest BCUT2D eigenvalue weighted by atomic mass is 35.5. The highest BCUT2D eigenvalue weighted by Gasteiger charge is 2.15. The summed E-state index contributed by atoms with van der Waals surface area (Å²) in [5, 5.41) is 4.61. The number of esters is 1. The SMILES string of the molecule is COc1cc(N)cc(C(=O)OCc2c(C)nn(C)c2Cl)c1. The number of anilines is 1. The molecule has 112 valence electrons. The van der Waals surface area contributed by atoms with Crippen LogP contribution in [0.3, 0.4) is 0 Å². The molecule has 0 saturated carbocycles. The first-order valence-electron chi connectivity index (χ1n) is 6.22. The Morgan fingerprint density at radius 2 is 2.14 bits per heavy atom. The third-order valence-electron chi connectivity index (χ3n) is 3.02. The molecule has 0 aliphatic carbocycles. The second kappa shape index (κ2) is 6.05. The second-order valence-electron chi connectivity index (χ2n) is 4.55. The monoisotopic (exact) mass is 309 g/mol. The number of nitrogen functional groups attached to an aromatic ring is 1. The number of hydrogen-bond donors (Lipinski definition) is 1. The Bertz CT molecular complexity index is 682. The molecule has 0 bridgehead atoms. The molecule has 7 heteroatoms. The van der Waals surface area contributed by atoms with Gasteiger partial charge in [-0.25, -0.2) is 4.79 Å². The van der Waals surface area contributed by atoms with E-state index < -0.39 is 5.97 Å². The second-order valence-corrected chi connectivity index (χ2v) is 4.91. The molecule has 2 aromatic rings. The molecule has 0 amide bonds. The number of aryl methyl sites for hydroxylation is 2. The van der Waals surface area contributed by atoms with Gasteiger partial charge in [0.05, 0.1) is 18.4 Å². The Morgan fingerprint density at radius 1 is 1.43 bits per heavy atom. The standard InChI is InChI=1S/C14H16ClN3O3/c1-8-12(13(15)18(2)17-8)7-21-14(19)9-4-10(16)6-11(5-9)20-3/h4-6H,7,16H2,1-3H3. The minimum atomic E-state index is -0.500. The van der Waals surface area contributed by atoms with Crippen molar-refractivity contribution in [2.24, 2.45) is 7.05 Å². The molecule has 0 saturated heterocycles. The molecule has 0 fully saturated rings. The van der Waals surface area contributed by atoms with Crippen molar-refractivity contribution in [3.8, 4) is 5.75 Å². The van der Waals surface area contributed by atoms with Gasteiger partial charge in [0.1, 0.15) is 17.5 Å². The summed E-state index contributed by atoms with van der Waals surface area (Å²) in [5.41, 5.74) is 7.87. The highest BCUT2D eigenvalue weighted by molar-refractivity contribution is 6.30. The average molecular weight is 310 g/mol. The third kappa shape index (κ3) is 3.28. The number of carbonyl (C=O) groups excluding carboxylic acids is 1. The highest BCUT2D eigenvalue weighted by Crippen LogP contribution is 2.22. The maximum Gasteiger partial charge on any atom is 0.338 e. The van der Waals surface area contributed by atoms with Crippen molar-refractivity contribution in [3.05, 3.63) is 40.2 Å². The molecular formula is C14H16ClN3O3. The molecule has 0 atom stereocenters. The van der Waals surface area contributed by atoms with E-state index >= 15 is 0 Å². The van der Waals surface area contributed by atoms with Gasteiger partial charge in [-0.3, -0.25) is 4.68 Å². The van der Waals surface area contributed by atoms with Gasteiger partial charge in [-0.1, -0.05) is 11.6 Å². The molecule has 2 rings (SSSR count). The van der Waals surface area contributed by atoms with Crippen molar-refractivity contribution in [1.82, 2.24) is 9.78 Å². The summed E-state index contributed by atoms with van der Waals surface area (Å²) in [5.74, 6) is -0.00235. The Labute approximate surface area is 127 Å². The van der Waals surface area contributed by atoms with E-state index in [1.165, 1.54) is 17.9 Å². The van der Waals surface area contributed by atoms with Crippen LogP contribution in [-0.2, 0) is 18.4 Å². The van der Waals surface area contributed by atoms with Crippen LogP contribution in [0.5, 0.6) is 5.75 Å². The smallest absolute Gasteiger partial charge is 0.338 e. The van der Waals surface area contributed by atoms with Crippen LogP contribution in [-0.4, -0.2) is 22.9 Å². The third-order valence-corrected chi connectivity index (χ3v) is 3.49. The van der Waals surface area contributed by atoms with E-state index in [9.17, 15) is 4.79 Å². The van der Waals surface area contributed by atoms with Crippen molar-refractivity contribution >= 4 is 23.3 Å². The van der Waals surface area contributed by atoms with Gasteiger partial charge in [-0.2, -0.15) is 5.10 Å². The zero-order valence-corrected chi connectivity index (χ0v) is 12.8. The van der Waals surface area contributed by atoms with Gasteiger partial charge in [0.15, 0.2) is 0 Å². The van der Waals surface area contributed by atoms with E-state index in [4.69, 9.17) is 26.8 Å². The van der Waals surface area contributed by atoms with E-state index in [0.717, 1.165) is 5.69 Å². The molecule has 0 unspecified atom stereocenters. The van der Waals surface area contributed by atoms with Crippen LogP contribution in [0.25, 0.3) is 0 Å². The molecule has 0 spiro atoms. The quantitative estimate of drug-likeness (QED) is 0.692. The first-order valence-corrected chi connectivity index (χ1v) is 6.59. The number of hydrogen-bond acceptors (Lipinski definition) is 5. The van der Waals surface area contributed by atoms with Gasteiger partial charge in [0, 0.05) is 24.4 Å². The summed E-state index contributed by atoms with van der Waals surface area (Å²) < 4.78 is 11.9. The number of benzene rings is 1. The zero-order valence-electron chi connectivity index (χ0n) is 12.0. The van der Waals surface area contributed by atoms with Crippen molar-refractivity contribution in [2.45, 2.75) is 13.5 Å². The number of methoxy groups -OCH3 is 1. The lowest BCUT2D eigenvalue weighted by molar-refractivity contribution is 0.0472. The van der Waals surface area contributed by atoms with Gasteiger partial charge in [-0.15, -0.1) is 0 Å². The molecular weight excluding hydrogens is 294 g/mol. The number of nitrogens with zero attached hydrogens (tertiary/aromatic N) is 2. The molecule has 1 aromatic carbocycles. The summed E-state index contributed by atoms with van der Waals surface area (Å²) >= 11 is 6.09. The molecule has 0 radical (unpaired) electrons. The Balaban J connectivity index is 2.13. The van der Waals surface area contributed by atoms with Gasteiger partial charge < -0.3 is 15.2 Å². The van der Waals surface area contributed by atoms with Crippen LogP contribution in [0.15, 0.2) is 18.2 Å². The van der Waals surface area contributed by atoms with E-state index in [0.29, 0.717) is 27.7 Å². The lowest BCUT2D eigenvalue weighted by Crippen LogP contribution is -2.07. The first-order chi connectivity index (χ1) is 9.92. The van der Waals surface area contributed by atoms with Crippen LogP contribution in [0.2, 0.25) is 5.15 Å². The Morgan fingerprint density at radius 3 is 2.71 bits per heavy atom. The summed E-state index contributed by atoms with van der Waals surface area (Å²) in [6.07, 6.45) is 0. The van der Waals surface area contributed by atoms with Crippen LogP contribution in [0, 0.1) is 6.92 Å². The molecule has 2 N–H and O–H groups in total.